The second kappa shape index (κ2) is 6.51. The van der Waals surface area contributed by atoms with Gasteiger partial charge in [0.25, 0.3) is 5.82 Å². The van der Waals surface area contributed by atoms with Crippen LogP contribution in [0.4, 0.5) is 0 Å². The van der Waals surface area contributed by atoms with E-state index in [0.29, 0.717) is 0 Å². The highest BCUT2D eigenvalue weighted by Crippen LogP contribution is 1.90. The molecule has 0 amide bonds. The maximum Gasteiger partial charge on any atom is 0.254 e. The summed E-state index contributed by atoms with van der Waals surface area (Å²) in [5.74, 6) is 1.16. The average Bonchev–Trinajstić information content (AvgIpc) is 2.45. The van der Waals surface area contributed by atoms with E-state index in [-0.39, 0.29) is 6.61 Å². The zero-order valence-electron chi connectivity index (χ0n) is 8.25. The molecule has 7 nitrogen and oxygen atoms in total. The molecule has 88 valence electrons. The molecule has 0 bridgehead atoms. The number of hydrogen-bond acceptors (Lipinski definition) is 4. The largest absolute Gasteiger partial charge is 0.726 e. The van der Waals surface area contributed by atoms with E-state index in [1.807, 2.05) is 24.0 Å². The molecule has 8 heteroatoms. The highest BCUT2D eigenvalue weighted by Gasteiger charge is 2.03. The van der Waals surface area contributed by atoms with Crippen LogP contribution in [0, 0.1) is 0 Å². The molecule has 0 aliphatic rings. The molecular weight excluding hydrogens is 224 g/mol. The van der Waals surface area contributed by atoms with Gasteiger partial charge in [-0.1, -0.05) is 0 Å². The number of aryl methyl sites for hydroxylation is 2. The third-order valence-corrected chi connectivity index (χ3v) is 1.55. The number of aromatic nitrogens is 2. The lowest BCUT2D eigenvalue weighted by atomic mass is 10.3. The van der Waals surface area contributed by atoms with Crippen LogP contribution in [0.2, 0.25) is 0 Å². The van der Waals surface area contributed by atoms with Crippen LogP contribution in [-0.2, 0) is 23.9 Å². The zero-order chi connectivity index (χ0) is 11.9. The summed E-state index contributed by atoms with van der Waals surface area (Å²) in [6, 6.07) is 0. The van der Waals surface area contributed by atoms with Gasteiger partial charge in [0.1, 0.15) is 12.4 Å². The molecule has 0 radical (unpaired) electrons. The molecule has 1 heterocycles. The summed E-state index contributed by atoms with van der Waals surface area (Å²) >= 11 is 0. The van der Waals surface area contributed by atoms with E-state index in [1.165, 1.54) is 0 Å². The highest BCUT2D eigenvalue weighted by atomic mass is 32.3. The van der Waals surface area contributed by atoms with Crippen molar-refractivity contribution in [2.24, 2.45) is 7.05 Å². The first-order valence-electron chi connectivity index (χ1n) is 4.15. The lowest BCUT2D eigenvalue weighted by Crippen LogP contribution is -2.30. The van der Waals surface area contributed by atoms with Gasteiger partial charge in [-0.25, -0.2) is 18.0 Å². The van der Waals surface area contributed by atoms with E-state index in [1.54, 1.807) is 0 Å². The fraction of sp³-hybridized carbons (Fsp3) is 0.571. The van der Waals surface area contributed by atoms with E-state index in [4.69, 9.17) is 22.6 Å². The van der Waals surface area contributed by atoms with Gasteiger partial charge in [0, 0.05) is 6.61 Å². The molecule has 15 heavy (non-hydrogen) atoms. The number of nitrogens with zero attached hydrogens (tertiary/aromatic N) is 1. The molecular formula is C7H14N2O5S. The molecule has 0 saturated carbocycles. The lowest BCUT2D eigenvalue weighted by molar-refractivity contribution is -0.677. The van der Waals surface area contributed by atoms with Crippen molar-refractivity contribution in [2.75, 3.05) is 6.61 Å². The number of nitrogens with one attached hydrogen (secondary N) is 1. The topological polar surface area (TPSA) is 117 Å². The van der Waals surface area contributed by atoms with Gasteiger partial charge < -0.3 is 9.66 Å². The van der Waals surface area contributed by atoms with Crippen molar-refractivity contribution in [3.05, 3.63) is 18.2 Å². The van der Waals surface area contributed by atoms with Crippen LogP contribution in [0.25, 0.3) is 0 Å². The van der Waals surface area contributed by atoms with E-state index < -0.39 is 10.4 Å². The SMILES string of the molecule is C[n+]1cc[nH]c1CCCO.O=S(=O)([O-])O. The van der Waals surface area contributed by atoms with Gasteiger partial charge in [-0.3, -0.25) is 4.55 Å². The second-order valence-corrected chi connectivity index (χ2v) is 3.63. The van der Waals surface area contributed by atoms with Crippen molar-refractivity contribution in [3.63, 3.8) is 0 Å². The third-order valence-electron chi connectivity index (χ3n) is 1.55. The summed E-state index contributed by atoms with van der Waals surface area (Å²) in [5.41, 5.74) is 0. The number of aliphatic hydroxyl groups is 1. The van der Waals surface area contributed by atoms with Crippen LogP contribution in [0.1, 0.15) is 12.2 Å². The fourth-order valence-electron chi connectivity index (χ4n) is 0.932. The minimum atomic E-state index is -4.92. The van der Waals surface area contributed by atoms with Crippen LogP contribution in [0.3, 0.4) is 0 Å². The van der Waals surface area contributed by atoms with Crippen LogP contribution in [-0.4, -0.2) is 34.2 Å². The van der Waals surface area contributed by atoms with Crippen molar-refractivity contribution in [1.82, 2.24) is 4.98 Å². The summed E-state index contributed by atoms with van der Waals surface area (Å²) in [7, 11) is -2.93. The summed E-state index contributed by atoms with van der Waals surface area (Å²) in [6.07, 6.45) is 5.60. The maximum absolute atomic E-state index is 8.63. The number of rotatable bonds is 3. The minimum Gasteiger partial charge on any atom is -0.726 e. The highest BCUT2D eigenvalue weighted by molar-refractivity contribution is 7.79. The molecule has 0 atom stereocenters. The number of H-pyrrole nitrogens is 1. The Morgan fingerprint density at radius 1 is 1.60 bits per heavy atom. The van der Waals surface area contributed by atoms with Crippen molar-refractivity contribution < 1.29 is 27.2 Å². The predicted molar refractivity (Wildman–Crippen MR) is 49.7 cm³/mol. The van der Waals surface area contributed by atoms with Crippen molar-refractivity contribution in [3.8, 4) is 0 Å². The maximum atomic E-state index is 8.63. The number of imidazole rings is 1. The van der Waals surface area contributed by atoms with Gasteiger partial charge in [0.2, 0.25) is 10.4 Å². The molecule has 3 N–H and O–H groups in total. The smallest absolute Gasteiger partial charge is 0.254 e. The monoisotopic (exact) mass is 238 g/mol. The first kappa shape index (κ1) is 14.0. The first-order valence-corrected chi connectivity index (χ1v) is 5.52. The molecule has 0 unspecified atom stereocenters. The average molecular weight is 238 g/mol. The molecule has 0 aliphatic heterocycles. The normalized spacial score (nSPS) is 10.7. The summed E-state index contributed by atoms with van der Waals surface area (Å²) < 4.78 is 34.9. The van der Waals surface area contributed by atoms with Gasteiger partial charge in [-0.2, -0.15) is 0 Å². The fourth-order valence-corrected chi connectivity index (χ4v) is 0.932. The van der Waals surface area contributed by atoms with Gasteiger partial charge in [0.15, 0.2) is 0 Å². The molecule has 1 aromatic heterocycles. The van der Waals surface area contributed by atoms with Gasteiger partial charge in [0.05, 0.1) is 13.5 Å². The summed E-state index contributed by atoms with van der Waals surface area (Å²) in [4.78, 5) is 3.09. The number of aromatic amines is 1. The Hall–Kier alpha value is -0.960. The Morgan fingerprint density at radius 3 is 2.47 bits per heavy atom. The number of aliphatic hydroxyl groups excluding tert-OH is 1. The Bertz CT molecular complexity index is 364. The van der Waals surface area contributed by atoms with Crippen molar-refractivity contribution in [1.29, 1.82) is 0 Å². The number of hydrogen-bond donors (Lipinski definition) is 3. The Kier molecular flexibility index (Phi) is 6.09. The molecule has 0 aliphatic carbocycles. The Morgan fingerprint density at radius 2 is 2.13 bits per heavy atom. The Balaban J connectivity index is 0.000000336. The van der Waals surface area contributed by atoms with E-state index in [2.05, 4.69) is 4.98 Å². The lowest BCUT2D eigenvalue weighted by Gasteiger charge is -1.90. The van der Waals surface area contributed by atoms with E-state index in [0.717, 1.165) is 18.7 Å². The van der Waals surface area contributed by atoms with Gasteiger partial charge in [-0.15, -0.1) is 0 Å². The van der Waals surface area contributed by atoms with Crippen molar-refractivity contribution >= 4 is 10.4 Å². The molecule has 0 spiro atoms. The molecule has 0 saturated heterocycles. The quantitative estimate of drug-likeness (QED) is 0.346. The van der Waals surface area contributed by atoms with E-state index in [9.17, 15) is 0 Å². The van der Waals surface area contributed by atoms with Gasteiger partial charge in [-0.05, 0) is 6.42 Å². The van der Waals surface area contributed by atoms with Crippen LogP contribution >= 0.6 is 0 Å². The molecule has 0 fully saturated rings. The van der Waals surface area contributed by atoms with Crippen molar-refractivity contribution in [2.45, 2.75) is 12.8 Å². The third kappa shape index (κ3) is 9.35. The van der Waals surface area contributed by atoms with Crippen LogP contribution < -0.4 is 4.57 Å². The van der Waals surface area contributed by atoms with Gasteiger partial charge >= 0.3 is 0 Å². The van der Waals surface area contributed by atoms with Crippen LogP contribution in [0.15, 0.2) is 12.4 Å². The Labute approximate surface area is 88.0 Å². The first-order chi connectivity index (χ1) is 6.84. The minimum absolute atomic E-state index is 0.263. The zero-order valence-corrected chi connectivity index (χ0v) is 9.07. The van der Waals surface area contributed by atoms with E-state index >= 15 is 0 Å². The molecule has 1 aromatic rings. The standard InChI is InChI=1S/C7H12N2O.H2O4S/c1-9-5-4-8-7(9)3-2-6-10;1-5(2,3)4/h4-5,10H,2-3,6H2,1H3;(H2,1,2,3,4). The predicted octanol–water partition coefficient (Wildman–Crippen LogP) is -1.23. The molecule has 0 aromatic carbocycles. The molecule has 1 rings (SSSR count). The second-order valence-electron chi connectivity index (χ2n) is 2.77. The summed E-state index contributed by atoms with van der Waals surface area (Å²) in [6.45, 7) is 0.263. The summed E-state index contributed by atoms with van der Waals surface area (Å²) in [5, 5.41) is 8.53. The van der Waals surface area contributed by atoms with Crippen LogP contribution in [0.5, 0.6) is 0 Å².